The first-order valence-corrected chi connectivity index (χ1v) is 14.2. The summed E-state index contributed by atoms with van der Waals surface area (Å²) in [7, 11) is 0. The van der Waals surface area contributed by atoms with Gasteiger partial charge in [0.2, 0.25) is 12.3 Å². The van der Waals surface area contributed by atoms with Crippen molar-refractivity contribution in [3.63, 3.8) is 0 Å². The number of hydrogen-bond donors (Lipinski definition) is 1. The van der Waals surface area contributed by atoms with E-state index in [2.05, 4.69) is 29.6 Å². The molecule has 0 radical (unpaired) electrons. The van der Waals surface area contributed by atoms with Crippen LogP contribution in [0.15, 0.2) is 47.1 Å². The Bertz CT molecular complexity index is 1110. The van der Waals surface area contributed by atoms with Crippen LogP contribution < -0.4 is 5.32 Å². The lowest BCUT2D eigenvalue weighted by molar-refractivity contribution is -0.151. The molecule has 0 aliphatic heterocycles. The number of carbonyl (C=O) groups excluding carboxylic acids is 2. The van der Waals surface area contributed by atoms with Gasteiger partial charge in [-0.2, -0.15) is 0 Å². The predicted octanol–water partition coefficient (Wildman–Crippen LogP) is 5.28. The van der Waals surface area contributed by atoms with E-state index in [-0.39, 0.29) is 11.4 Å². The SMILES string of the molecule is O=CN(Cc1ccco1)[C@]1(C(=O)NC23CC4CC(CC(C4)C2)C3)CC[C@@H]2Cc3ccccc3C[C@@H]2C1. The molecule has 6 aliphatic rings. The number of fused-ring (bicyclic) bond motifs is 2. The number of rotatable bonds is 6. The Hall–Kier alpha value is -2.56. The fraction of sp³-hybridized carbons (Fsp3) is 0.613. The van der Waals surface area contributed by atoms with Crippen LogP contribution in [0.2, 0.25) is 0 Å². The topological polar surface area (TPSA) is 62.6 Å². The van der Waals surface area contributed by atoms with Gasteiger partial charge < -0.3 is 14.6 Å². The molecule has 5 fully saturated rings. The van der Waals surface area contributed by atoms with Gasteiger partial charge in [-0.1, -0.05) is 24.3 Å². The molecule has 5 nitrogen and oxygen atoms in total. The van der Waals surface area contributed by atoms with E-state index in [1.54, 1.807) is 11.2 Å². The smallest absolute Gasteiger partial charge is 0.246 e. The van der Waals surface area contributed by atoms with Crippen molar-refractivity contribution in [2.75, 3.05) is 0 Å². The number of furan rings is 1. The van der Waals surface area contributed by atoms with Crippen LogP contribution in [0, 0.1) is 29.6 Å². The molecule has 5 heteroatoms. The lowest BCUT2D eigenvalue weighted by atomic mass is 9.52. The minimum atomic E-state index is -0.814. The van der Waals surface area contributed by atoms with Crippen molar-refractivity contribution in [2.24, 2.45) is 29.6 Å². The third-order valence-corrected chi connectivity index (χ3v) is 10.7. The second-order valence-electron chi connectivity index (χ2n) is 12.9. The lowest BCUT2D eigenvalue weighted by Crippen LogP contribution is -2.68. The van der Waals surface area contributed by atoms with E-state index in [0.29, 0.717) is 18.4 Å². The number of benzene rings is 1. The van der Waals surface area contributed by atoms with Crippen LogP contribution in [0.25, 0.3) is 0 Å². The van der Waals surface area contributed by atoms with Crippen LogP contribution in [0.4, 0.5) is 0 Å². The number of nitrogens with one attached hydrogen (secondary N) is 1. The summed E-state index contributed by atoms with van der Waals surface area (Å²) in [6.45, 7) is 0.346. The average molecular weight is 487 g/mol. The average Bonchev–Trinajstić information content (AvgIpc) is 3.38. The molecule has 0 spiro atoms. The van der Waals surface area contributed by atoms with Crippen LogP contribution in [-0.4, -0.2) is 28.3 Å². The van der Waals surface area contributed by atoms with E-state index in [1.165, 1.54) is 30.4 Å². The minimum absolute atomic E-state index is 0.0614. The van der Waals surface area contributed by atoms with E-state index in [0.717, 1.165) is 81.3 Å². The minimum Gasteiger partial charge on any atom is -0.467 e. The van der Waals surface area contributed by atoms with E-state index >= 15 is 0 Å². The Balaban J connectivity index is 1.20. The van der Waals surface area contributed by atoms with Crippen LogP contribution in [-0.2, 0) is 29.0 Å². The molecule has 0 saturated heterocycles. The third-order valence-electron chi connectivity index (χ3n) is 10.7. The van der Waals surface area contributed by atoms with Gasteiger partial charge in [-0.25, -0.2) is 0 Å². The summed E-state index contributed by atoms with van der Waals surface area (Å²) in [6, 6.07) is 12.5. The first-order valence-electron chi connectivity index (χ1n) is 14.2. The highest BCUT2D eigenvalue weighted by atomic mass is 16.3. The number of amides is 2. The maximum absolute atomic E-state index is 14.5. The van der Waals surface area contributed by atoms with Gasteiger partial charge in [-0.05, 0) is 123 Å². The first kappa shape index (κ1) is 22.6. The molecule has 1 aromatic carbocycles. The molecule has 6 aliphatic carbocycles. The third kappa shape index (κ3) is 3.72. The van der Waals surface area contributed by atoms with Crippen LogP contribution in [0.3, 0.4) is 0 Å². The normalized spacial score (nSPS) is 38.2. The second kappa shape index (κ2) is 8.49. The summed E-state index contributed by atoms with van der Waals surface area (Å²) in [5, 5.41) is 3.67. The van der Waals surface area contributed by atoms with E-state index in [4.69, 9.17) is 4.42 Å². The van der Waals surface area contributed by atoms with Crippen molar-refractivity contribution in [1.82, 2.24) is 10.2 Å². The van der Waals surface area contributed by atoms with Crippen LogP contribution in [0.1, 0.15) is 74.7 Å². The fourth-order valence-corrected chi connectivity index (χ4v) is 9.47. The molecule has 36 heavy (non-hydrogen) atoms. The first-order chi connectivity index (χ1) is 17.5. The van der Waals surface area contributed by atoms with Gasteiger partial charge >= 0.3 is 0 Å². The Morgan fingerprint density at radius 1 is 0.944 bits per heavy atom. The molecular formula is C31H38N2O3. The molecule has 3 atom stereocenters. The maximum Gasteiger partial charge on any atom is 0.246 e. The molecule has 190 valence electrons. The van der Waals surface area contributed by atoms with Gasteiger partial charge in [-0.15, -0.1) is 0 Å². The van der Waals surface area contributed by atoms with E-state index in [1.807, 2.05) is 12.1 Å². The summed E-state index contributed by atoms with van der Waals surface area (Å²) in [5.41, 5.74) is 2.01. The zero-order chi connectivity index (χ0) is 24.3. The molecular weight excluding hydrogens is 448 g/mol. The zero-order valence-corrected chi connectivity index (χ0v) is 21.2. The molecule has 1 heterocycles. The molecule has 8 rings (SSSR count). The standard InChI is InChI=1S/C31H38N2O3/c34-20-33(19-28-6-3-9-36-28)31(8-7-26-13-24-4-1-2-5-25(24)14-27(26)18-31)29(35)32-30-15-21-10-22(16-30)12-23(11-21)17-30/h1-6,9,20-23,26-27H,7-8,10-19H2,(H,32,35)/t21?,22?,23?,26-,27-,30?,31-/m1/s1. The molecule has 5 saturated carbocycles. The highest BCUT2D eigenvalue weighted by molar-refractivity contribution is 5.89. The number of carbonyl (C=O) groups is 2. The molecule has 1 aromatic heterocycles. The fourth-order valence-electron chi connectivity index (χ4n) is 9.47. The van der Waals surface area contributed by atoms with Crippen molar-refractivity contribution in [2.45, 2.75) is 88.3 Å². The molecule has 4 bridgehead atoms. The Labute approximate surface area is 214 Å². The lowest BCUT2D eigenvalue weighted by Gasteiger charge is -2.58. The number of nitrogens with zero attached hydrogens (tertiary/aromatic N) is 1. The van der Waals surface area contributed by atoms with Gasteiger partial charge in [-0.3, -0.25) is 9.59 Å². The van der Waals surface area contributed by atoms with Crippen molar-refractivity contribution in [3.05, 3.63) is 59.5 Å². The van der Waals surface area contributed by atoms with Crippen molar-refractivity contribution in [1.29, 1.82) is 0 Å². The Morgan fingerprint density at radius 3 is 2.22 bits per heavy atom. The molecule has 2 aromatic rings. The summed E-state index contributed by atoms with van der Waals surface area (Å²) >= 11 is 0. The van der Waals surface area contributed by atoms with Gasteiger partial charge in [0.1, 0.15) is 11.3 Å². The monoisotopic (exact) mass is 486 g/mol. The molecule has 1 N–H and O–H groups in total. The van der Waals surface area contributed by atoms with Gasteiger partial charge in [0.05, 0.1) is 12.8 Å². The second-order valence-corrected chi connectivity index (χ2v) is 12.9. The predicted molar refractivity (Wildman–Crippen MR) is 137 cm³/mol. The van der Waals surface area contributed by atoms with Crippen molar-refractivity contribution in [3.8, 4) is 0 Å². The Kier molecular flexibility index (Phi) is 5.34. The largest absolute Gasteiger partial charge is 0.467 e. The quantitative estimate of drug-likeness (QED) is 0.566. The van der Waals surface area contributed by atoms with Crippen molar-refractivity contribution < 1.29 is 14.0 Å². The summed E-state index contributed by atoms with van der Waals surface area (Å²) < 4.78 is 5.64. The van der Waals surface area contributed by atoms with Crippen molar-refractivity contribution >= 4 is 12.3 Å². The van der Waals surface area contributed by atoms with E-state index < -0.39 is 5.54 Å². The molecule has 0 unspecified atom stereocenters. The Morgan fingerprint density at radius 2 is 1.61 bits per heavy atom. The highest BCUT2D eigenvalue weighted by Gasteiger charge is 2.56. The van der Waals surface area contributed by atoms with Crippen LogP contribution >= 0.6 is 0 Å². The zero-order valence-electron chi connectivity index (χ0n) is 21.2. The van der Waals surface area contributed by atoms with Crippen LogP contribution in [0.5, 0.6) is 0 Å². The van der Waals surface area contributed by atoms with Gasteiger partial charge in [0.15, 0.2) is 0 Å². The van der Waals surface area contributed by atoms with E-state index in [9.17, 15) is 9.59 Å². The summed E-state index contributed by atoms with van der Waals surface area (Å²) in [4.78, 5) is 29.0. The van der Waals surface area contributed by atoms with Gasteiger partial charge in [0.25, 0.3) is 0 Å². The molecule has 2 amide bonds. The summed E-state index contributed by atoms with van der Waals surface area (Å²) in [6.07, 6.45) is 14.5. The van der Waals surface area contributed by atoms with Gasteiger partial charge in [0, 0.05) is 5.54 Å². The summed E-state index contributed by atoms with van der Waals surface area (Å²) in [5.74, 6) is 4.13. The number of hydrogen-bond acceptors (Lipinski definition) is 3. The highest BCUT2D eigenvalue weighted by Crippen LogP contribution is 2.56. The maximum atomic E-state index is 14.5.